The number of hydrogen-bond donors (Lipinski definition) is 1. The van der Waals surface area contributed by atoms with Crippen molar-refractivity contribution in [2.24, 2.45) is 5.92 Å². The van der Waals surface area contributed by atoms with Crippen LogP contribution in [-0.2, 0) is 19.1 Å². The Labute approximate surface area is 159 Å². The first-order chi connectivity index (χ1) is 13.0. The molecule has 4 rings (SSSR count). The van der Waals surface area contributed by atoms with Crippen molar-refractivity contribution in [2.45, 2.75) is 69.7 Å². The summed E-state index contributed by atoms with van der Waals surface area (Å²) in [4.78, 5) is 41.5. The van der Waals surface area contributed by atoms with Gasteiger partial charge in [0.2, 0.25) is 5.91 Å². The van der Waals surface area contributed by atoms with E-state index in [1.54, 1.807) is 4.90 Å². The first-order valence-corrected chi connectivity index (χ1v) is 10.2. The number of nitrogens with zero attached hydrogens (tertiary/aromatic N) is 2. The maximum atomic E-state index is 13.1. The van der Waals surface area contributed by atoms with Gasteiger partial charge >= 0.3 is 6.03 Å². The van der Waals surface area contributed by atoms with E-state index in [-0.39, 0.29) is 30.3 Å². The number of piperidine rings is 1. The largest absolute Gasteiger partial charge is 0.348 e. The van der Waals surface area contributed by atoms with Crippen LogP contribution >= 0.6 is 0 Å². The average molecular weight is 379 g/mol. The second kappa shape index (κ2) is 7.39. The molecule has 0 aromatic rings. The Hall–Kier alpha value is -1.67. The van der Waals surface area contributed by atoms with Gasteiger partial charge in [-0.1, -0.05) is 19.8 Å². The van der Waals surface area contributed by atoms with Gasteiger partial charge in [-0.3, -0.25) is 14.5 Å². The molecule has 4 fully saturated rings. The van der Waals surface area contributed by atoms with Crippen molar-refractivity contribution in [1.82, 2.24) is 15.1 Å². The zero-order valence-corrected chi connectivity index (χ0v) is 15.9. The van der Waals surface area contributed by atoms with Gasteiger partial charge in [-0.05, 0) is 38.0 Å². The number of carbonyl (C=O) groups excluding carboxylic acids is 3. The van der Waals surface area contributed by atoms with Gasteiger partial charge in [0.25, 0.3) is 5.91 Å². The summed E-state index contributed by atoms with van der Waals surface area (Å²) in [7, 11) is 0. The number of hydrogen-bond acceptors (Lipinski definition) is 5. The van der Waals surface area contributed by atoms with Crippen molar-refractivity contribution < 1.29 is 23.9 Å². The molecule has 0 aromatic heterocycles. The SMILES string of the molecule is CC1CCCCC12NC(=O)N(CC(=O)N1CCCCC1C1OCCO1)C2=O. The lowest BCUT2D eigenvalue weighted by atomic mass is 9.73. The molecule has 1 aliphatic carbocycles. The summed E-state index contributed by atoms with van der Waals surface area (Å²) in [6, 6.07) is -0.582. The van der Waals surface area contributed by atoms with Crippen LogP contribution in [0.5, 0.6) is 0 Å². The molecular weight excluding hydrogens is 350 g/mol. The van der Waals surface area contributed by atoms with Crippen LogP contribution in [0, 0.1) is 5.92 Å². The van der Waals surface area contributed by atoms with Crippen molar-refractivity contribution >= 4 is 17.8 Å². The summed E-state index contributed by atoms with van der Waals surface area (Å²) in [6.45, 7) is 3.49. The van der Waals surface area contributed by atoms with Crippen molar-refractivity contribution in [3.63, 3.8) is 0 Å². The second-order valence-electron chi connectivity index (χ2n) is 8.20. The molecule has 8 heteroatoms. The van der Waals surface area contributed by atoms with Crippen LogP contribution in [0.4, 0.5) is 4.79 Å². The van der Waals surface area contributed by atoms with Crippen molar-refractivity contribution in [1.29, 1.82) is 0 Å². The molecule has 3 heterocycles. The minimum Gasteiger partial charge on any atom is -0.348 e. The van der Waals surface area contributed by atoms with E-state index in [4.69, 9.17) is 9.47 Å². The quantitative estimate of drug-likeness (QED) is 0.746. The van der Waals surface area contributed by atoms with E-state index >= 15 is 0 Å². The van der Waals surface area contributed by atoms with Gasteiger partial charge in [0, 0.05) is 6.54 Å². The molecule has 1 spiro atoms. The molecule has 3 atom stereocenters. The molecule has 3 saturated heterocycles. The maximum absolute atomic E-state index is 13.1. The Morgan fingerprint density at radius 1 is 1.15 bits per heavy atom. The van der Waals surface area contributed by atoms with Gasteiger partial charge in [0.05, 0.1) is 19.3 Å². The fourth-order valence-corrected chi connectivity index (χ4v) is 5.01. The number of nitrogens with one attached hydrogen (secondary N) is 1. The van der Waals surface area contributed by atoms with E-state index in [2.05, 4.69) is 5.32 Å². The highest BCUT2D eigenvalue weighted by molar-refractivity contribution is 6.09. The van der Waals surface area contributed by atoms with Crippen LogP contribution in [0.25, 0.3) is 0 Å². The van der Waals surface area contributed by atoms with E-state index in [0.29, 0.717) is 26.2 Å². The lowest BCUT2D eigenvalue weighted by Gasteiger charge is -2.39. The molecule has 1 saturated carbocycles. The first kappa shape index (κ1) is 18.7. The number of carbonyl (C=O) groups is 3. The third-order valence-corrected chi connectivity index (χ3v) is 6.63. The summed E-state index contributed by atoms with van der Waals surface area (Å²) in [6.07, 6.45) is 5.90. The summed E-state index contributed by atoms with van der Waals surface area (Å²) in [5, 5.41) is 2.91. The van der Waals surface area contributed by atoms with Crippen LogP contribution in [0.15, 0.2) is 0 Å². The Balaban J connectivity index is 1.46. The Morgan fingerprint density at radius 2 is 1.89 bits per heavy atom. The van der Waals surface area contributed by atoms with Crippen molar-refractivity contribution in [3.8, 4) is 0 Å². The summed E-state index contributed by atoms with van der Waals surface area (Å²) in [5.41, 5.74) is -0.825. The van der Waals surface area contributed by atoms with Gasteiger partial charge in [-0.2, -0.15) is 0 Å². The zero-order valence-electron chi connectivity index (χ0n) is 15.9. The van der Waals surface area contributed by atoms with Gasteiger partial charge in [0.1, 0.15) is 12.1 Å². The average Bonchev–Trinajstić information content (AvgIpc) is 3.28. The molecule has 150 valence electrons. The highest BCUT2D eigenvalue weighted by Crippen LogP contribution is 2.38. The Morgan fingerprint density at radius 3 is 2.63 bits per heavy atom. The summed E-state index contributed by atoms with van der Waals surface area (Å²) >= 11 is 0. The highest BCUT2D eigenvalue weighted by Gasteiger charge is 2.55. The minimum absolute atomic E-state index is 0.0887. The predicted octanol–water partition coefficient (Wildman–Crippen LogP) is 1.24. The van der Waals surface area contributed by atoms with Crippen LogP contribution in [0.3, 0.4) is 0 Å². The third kappa shape index (κ3) is 3.23. The summed E-state index contributed by atoms with van der Waals surface area (Å²) < 4.78 is 11.2. The van der Waals surface area contributed by atoms with Gasteiger partial charge < -0.3 is 19.7 Å². The van der Waals surface area contributed by atoms with E-state index in [0.717, 1.165) is 43.4 Å². The topological polar surface area (TPSA) is 88.2 Å². The molecule has 4 amide bonds. The van der Waals surface area contributed by atoms with Gasteiger partial charge in [0.15, 0.2) is 6.29 Å². The number of urea groups is 1. The smallest absolute Gasteiger partial charge is 0.325 e. The molecule has 0 bridgehead atoms. The zero-order chi connectivity index (χ0) is 19.0. The Kier molecular flexibility index (Phi) is 5.11. The summed E-state index contributed by atoms with van der Waals surface area (Å²) in [5.74, 6) is -0.358. The molecule has 1 N–H and O–H groups in total. The number of amides is 4. The van der Waals surface area contributed by atoms with Gasteiger partial charge in [-0.25, -0.2) is 4.79 Å². The van der Waals surface area contributed by atoms with Crippen LogP contribution < -0.4 is 5.32 Å². The van der Waals surface area contributed by atoms with Crippen LogP contribution in [0.2, 0.25) is 0 Å². The van der Waals surface area contributed by atoms with Crippen LogP contribution in [0.1, 0.15) is 51.9 Å². The monoisotopic (exact) mass is 379 g/mol. The number of ether oxygens (including phenoxy) is 2. The lowest BCUT2D eigenvalue weighted by molar-refractivity contribution is -0.153. The number of likely N-dealkylation sites (tertiary alicyclic amines) is 1. The third-order valence-electron chi connectivity index (χ3n) is 6.63. The van der Waals surface area contributed by atoms with E-state index in [1.165, 1.54) is 0 Å². The van der Waals surface area contributed by atoms with Gasteiger partial charge in [-0.15, -0.1) is 0 Å². The van der Waals surface area contributed by atoms with E-state index < -0.39 is 17.9 Å². The first-order valence-electron chi connectivity index (χ1n) is 10.2. The Bertz CT molecular complexity index is 620. The lowest BCUT2D eigenvalue weighted by Crippen LogP contribution is -2.55. The second-order valence-corrected chi connectivity index (χ2v) is 8.20. The molecule has 3 unspecified atom stereocenters. The van der Waals surface area contributed by atoms with Crippen molar-refractivity contribution in [3.05, 3.63) is 0 Å². The normalized spacial score (nSPS) is 35.1. The fraction of sp³-hybridized carbons (Fsp3) is 0.842. The standard InChI is InChI=1S/C19H29N3O5/c1-13-6-2-4-8-19(13)17(24)22(18(25)20-19)12-15(23)21-9-5-3-7-14(21)16-26-10-11-27-16/h13-14,16H,2-12H2,1H3,(H,20,25). The molecule has 4 aliphatic rings. The van der Waals surface area contributed by atoms with Crippen LogP contribution in [-0.4, -0.2) is 71.8 Å². The van der Waals surface area contributed by atoms with E-state index in [1.807, 2.05) is 6.92 Å². The number of rotatable bonds is 3. The maximum Gasteiger partial charge on any atom is 0.325 e. The van der Waals surface area contributed by atoms with Crippen molar-refractivity contribution in [2.75, 3.05) is 26.3 Å². The molecular formula is C19H29N3O5. The molecule has 8 nitrogen and oxygen atoms in total. The minimum atomic E-state index is -0.825. The number of imide groups is 1. The molecule has 0 aromatic carbocycles. The molecule has 0 radical (unpaired) electrons. The predicted molar refractivity (Wildman–Crippen MR) is 95.7 cm³/mol. The highest BCUT2D eigenvalue weighted by atomic mass is 16.7. The molecule has 3 aliphatic heterocycles. The van der Waals surface area contributed by atoms with E-state index in [9.17, 15) is 14.4 Å². The fourth-order valence-electron chi connectivity index (χ4n) is 5.01. The molecule has 27 heavy (non-hydrogen) atoms.